The second kappa shape index (κ2) is 4.37. The zero-order valence-electron chi connectivity index (χ0n) is 7.89. The van der Waals surface area contributed by atoms with E-state index in [4.69, 9.17) is 0 Å². The van der Waals surface area contributed by atoms with Crippen molar-refractivity contribution in [3.8, 4) is 0 Å². The van der Waals surface area contributed by atoms with E-state index in [9.17, 15) is 4.79 Å². The van der Waals surface area contributed by atoms with Crippen molar-refractivity contribution >= 4 is 6.47 Å². The Morgan fingerprint density at radius 3 is 2.36 bits per heavy atom. The van der Waals surface area contributed by atoms with Gasteiger partial charge >= 0.3 is 0 Å². The van der Waals surface area contributed by atoms with E-state index in [0.29, 0.717) is 24.4 Å². The van der Waals surface area contributed by atoms with Gasteiger partial charge in [-0.25, -0.2) is 0 Å². The predicted molar refractivity (Wildman–Crippen MR) is 45.3 cm³/mol. The fraction of sp³-hybridized carbons (Fsp3) is 0.889. The molecule has 66 valence electrons. The number of carbonyl (C=O) groups is 1. The Bertz CT molecular complexity index is 113. The molecule has 0 aromatic rings. The second-order valence-corrected chi connectivity index (χ2v) is 4.30. The van der Waals surface area contributed by atoms with Crippen LogP contribution in [0.2, 0.25) is 0 Å². The first-order valence-electron chi connectivity index (χ1n) is 4.01. The summed E-state index contributed by atoms with van der Waals surface area (Å²) in [6.07, 6.45) is 1.08. The lowest BCUT2D eigenvalue weighted by molar-refractivity contribution is -0.130. The Balaban J connectivity index is 3.51. The van der Waals surface area contributed by atoms with Crippen LogP contribution in [0.1, 0.15) is 34.1 Å². The molecule has 0 aromatic heterocycles. The van der Waals surface area contributed by atoms with Gasteiger partial charge in [0, 0.05) is 0 Å². The van der Waals surface area contributed by atoms with E-state index in [1.54, 1.807) is 0 Å². The Labute approximate surface area is 68.9 Å². The Hall–Kier alpha value is -0.530. The summed E-state index contributed by atoms with van der Waals surface area (Å²) in [5, 5.41) is 0. The third-order valence-electron chi connectivity index (χ3n) is 1.41. The lowest BCUT2D eigenvalue weighted by atomic mass is 9.86. The van der Waals surface area contributed by atoms with Crippen LogP contribution in [0.3, 0.4) is 0 Å². The lowest BCUT2D eigenvalue weighted by Crippen LogP contribution is -2.14. The Kier molecular flexibility index (Phi) is 4.16. The van der Waals surface area contributed by atoms with Crippen molar-refractivity contribution in [2.24, 2.45) is 11.3 Å². The van der Waals surface area contributed by atoms with Gasteiger partial charge < -0.3 is 4.74 Å². The van der Waals surface area contributed by atoms with Gasteiger partial charge in [0.15, 0.2) is 0 Å². The van der Waals surface area contributed by atoms with Gasteiger partial charge in [0.25, 0.3) is 6.47 Å². The van der Waals surface area contributed by atoms with Crippen molar-refractivity contribution in [1.82, 2.24) is 0 Å². The first-order valence-corrected chi connectivity index (χ1v) is 4.01. The van der Waals surface area contributed by atoms with Crippen molar-refractivity contribution in [2.75, 3.05) is 6.61 Å². The minimum atomic E-state index is 0.325. The van der Waals surface area contributed by atoms with Crippen LogP contribution in [0, 0.1) is 11.3 Å². The Morgan fingerprint density at radius 2 is 2.00 bits per heavy atom. The summed E-state index contributed by atoms with van der Waals surface area (Å²) in [6, 6.07) is 0. The molecule has 2 heteroatoms. The molecule has 0 radical (unpaired) electrons. The van der Waals surface area contributed by atoms with Gasteiger partial charge in [-0.1, -0.05) is 27.7 Å². The maximum absolute atomic E-state index is 9.85. The van der Waals surface area contributed by atoms with Crippen LogP contribution in [0.15, 0.2) is 0 Å². The molecule has 0 N–H and O–H groups in total. The van der Waals surface area contributed by atoms with Gasteiger partial charge in [0.05, 0.1) is 6.61 Å². The van der Waals surface area contributed by atoms with E-state index in [-0.39, 0.29) is 0 Å². The standard InChI is InChI=1S/C9H18O2/c1-8(6-11-7-10)5-9(2,3)4/h7-8H,5-6H2,1-4H3. The molecule has 0 saturated heterocycles. The van der Waals surface area contributed by atoms with Crippen molar-refractivity contribution in [1.29, 1.82) is 0 Å². The first kappa shape index (κ1) is 10.5. The summed E-state index contributed by atoms with van der Waals surface area (Å²) >= 11 is 0. The smallest absolute Gasteiger partial charge is 0.293 e. The molecule has 0 amide bonds. The normalized spacial score (nSPS) is 14.2. The molecule has 0 saturated carbocycles. The van der Waals surface area contributed by atoms with Crippen LogP contribution in [0.25, 0.3) is 0 Å². The van der Waals surface area contributed by atoms with Crippen LogP contribution in [-0.2, 0) is 9.53 Å². The summed E-state index contributed by atoms with van der Waals surface area (Å²) in [6.45, 7) is 9.70. The van der Waals surface area contributed by atoms with Crippen LogP contribution in [0.4, 0.5) is 0 Å². The van der Waals surface area contributed by atoms with Crippen molar-refractivity contribution < 1.29 is 9.53 Å². The van der Waals surface area contributed by atoms with E-state index in [1.807, 2.05) is 0 Å². The number of hydrogen-bond acceptors (Lipinski definition) is 2. The highest BCUT2D eigenvalue weighted by Gasteiger charge is 2.15. The zero-order valence-corrected chi connectivity index (χ0v) is 7.89. The SMILES string of the molecule is CC(COC=O)CC(C)(C)C. The van der Waals surface area contributed by atoms with Gasteiger partial charge in [-0.15, -0.1) is 0 Å². The molecular formula is C9H18O2. The summed E-state index contributed by atoms with van der Waals surface area (Å²) in [4.78, 5) is 9.85. The molecule has 0 fully saturated rings. The van der Waals surface area contributed by atoms with E-state index in [0.717, 1.165) is 6.42 Å². The molecule has 0 bridgehead atoms. The molecule has 1 unspecified atom stereocenters. The molecule has 0 aromatic carbocycles. The number of ether oxygens (including phenoxy) is 1. The monoisotopic (exact) mass is 158 g/mol. The fourth-order valence-corrected chi connectivity index (χ4v) is 1.31. The quantitative estimate of drug-likeness (QED) is 0.586. The number of carbonyl (C=O) groups excluding carboxylic acids is 1. The van der Waals surface area contributed by atoms with Crippen LogP contribution in [-0.4, -0.2) is 13.1 Å². The number of rotatable bonds is 4. The summed E-state index contributed by atoms with van der Waals surface area (Å²) in [7, 11) is 0. The average Bonchev–Trinajstić information content (AvgIpc) is 1.79. The molecular weight excluding hydrogens is 140 g/mol. The third kappa shape index (κ3) is 7.37. The van der Waals surface area contributed by atoms with E-state index < -0.39 is 0 Å². The molecule has 0 aliphatic rings. The average molecular weight is 158 g/mol. The molecule has 0 aliphatic heterocycles. The van der Waals surface area contributed by atoms with E-state index in [1.165, 1.54) is 0 Å². The lowest BCUT2D eigenvalue weighted by Gasteiger charge is -2.22. The van der Waals surface area contributed by atoms with Crippen LogP contribution in [0.5, 0.6) is 0 Å². The maximum atomic E-state index is 9.85. The predicted octanol–water partition coefficient (Wildman–Crippen LogP) is 2.23. The summed E-state index contributed by atoms with van der Waals surface area (Å²) in [5.41, 5.74) is 0.325. The minimum absolute atomic E-state index is 0.325. The van der Waals surface area contributed by atoms with Gasteiger partial charge in [0.2, 0.25) is 0 Å². The van der Waals surface area contributed by atoms with Gasteiger partial charge in [-0.3, -0.25) is 4.79 Å². The highest BCUT2D eigenvalue weighted by atomic mass is 16.5. The van der Waals surface area contributed by atoms with Gasteiger partial charge in [-0.05, 0) is 17.8 Å². The van der Waals surface area contributed by atoms with Crippen molar-refractivity contribution in [3.05, 3.63) is 0 Å². The molecule has 11 heavy (non-hydrogen) atoms. The molecule has 0 spiro atoms. The highest BCUT2D eigenvalue weighted by Crippen LogP contribution is 2.23. The first-order chi connectivity index (χ1) is 4.95. The molecule has 0 aliphatic carbocycles. The summed E-state index contributed by atoms with van der Waals surface area (Å²) < 4.78 is 4.66. The van der Waals surface area contributed by atoms with Crippen molar-refractivity contribution in [2.45, 2.75) is 34.1 Å². The molecule has 2 nitrogen and oxygen atoms in total. The minimum Gasteiger partial charge on any atom is -0.468 e. The van der Waals surface area contributed by atoms with Crippen LogP contribution >= 0.6 is 0 Å². The largest absolute Gasteiger partial charge is 0.468 e. The summed E-state index contributed by atoms with van der Waals surface area (Å²) in [5.74, 6) is 0.459. The third-order valence-corrected chi connectivity index (χ3v) is 1.41. The maximum Gasteiger partial charge on any atom is 0.293 e. The molecule has 1 atom stereocenters. The fourth-order valence-electron chi connectivity index (χ4n) is 1.31. The number of hydrogen-bond donors (Lipinski definition) is 0. The molecule has 0 rings (SSSR count). The van der Waals surface area contributed by atoms with E-state index >= 15 is 0 Å². The van der Waals surface area contributed by atoms with Gasteiger partial charge in [0.1, 0.15) is 0 Å². The highest BCUT2D eigenvalue weighted by molar-refractivity contribution is 5.36. The van der Waals surface area contributed by atoms with Crippen molar-refractivity contribution in [3.63, 3.8) is 0 Å². The Morgan fingerprint density at radius 1 is 1.45 bits per heavy atom. The second-order valence-electron chi connectivity index (χ2n) is 4.30. The molecule has 0 heterocycles. The van der Waals surface area contributed by atoms with Gasteiger partial charge in [-0.2, -0.15) is 0 Å². The van der Waals surface area contributed by atoms with Crippen LogP contribution < -0.4 is 0 Å². The zero-order chi connectivity index (χ0) is 8.91. The topological polar surface area (TPSA) is 26.3 Å². The van der Waals surface area contributed by atoms with E-state index in [2.05, 4.69) is 32.4 Å².